The number of hydrogen-bond donors (Lipinski definition) is 2. The van der Waals surface area contributed by atoms with Crippen molar-refractivity contribution in [2.45, 2.75) is 45.7 Å². The van der Waals surface area contributed by atoms with Crippen LogP contribution in [0, 0.1) is 0 Å². The number of pyridine rings is 1. The molecule has 2 aromatic rings. The molecule has 0 bridgehead atoms. The lowest BCUT2D eigenvalue weighted by Crippen LogP contribution is -2.37. The number of aliphatic hydroxyl groups is 1. The van der Waals surface area contributed by atoms with Crippen molar-refractivity contribution in [2.24, 2.45) is 0 Å². The van der Waals surface area contributed by atoms with E-state index in [4.69, 9.17) is 9.26 Å². The molecule has 0 aliphatic carbocycles. The largest absolute Gasteiger partial charge is 0.484 e. The average Bonchev–Trinajstić information content (AvgIpc) is 2.99. The van der Waals surface area contributed by atoms with Crippen LogP contribution < -0.4 is 10.1 Å². The first-order valence-electron chi connectivity index (χ1n) is 7.89. The molecule has 7 nitrogen and oxygen atoms in total. The van der Waals surface area contributed by atoms with Crippen molar-refractivity contribution in [1.82, 2.24) is 15.5 Å². The highest BCUT2D eigenvalue weighted by Crippen LogP contribution is 2.19. The summed E-state index contributed by atoms with van der Waals surface area (Å²) in [5, 5.41) is 14.1. The predicted molar refractivity (Wildman–Crippen MR) is 83.1 cm³/mol. The van der Waals surface area contributed by atoms with Gasteiger partial charge in [-0.3, -0.25) is 10.1 Å². The van der Waals surface area contributed by atoms with Crippen LogP contribution in [0.4, 0.5) is 13.2 Å². The first-order chi connectivity index (χ1) is 12.3. The van der Waals surface area contributed by atoms with E-state index in [0.29, 0.717) is 17.7 Å². The van der Waals surface area contributed by atoms with Crippen molar-refractivity contribution < 1.29 is 32.3 Å². The van der Waals surface area contributed by atoms with E-state index in [1.807, 2.05) is 6.92 Å². The molecule has 2 N–H and O–H groups in total. The number of hydrogen-bond acceptors (Lipinski definition) is 6. The van der Waals surface area contributed by atoms with Crippen LogP contribution in [0.3, 0.4) is 0 Å². The summed E-state index contributed by atoms with van der Waals surface area (Å²) >= 11 is 0. The number of ether oxygens (including phenoxy) is 1. The first-order valence-corrected chi connectivity index (χ1v) is 7.89. The number of carbonyl (C=O) groups is 1. The van der Waals surface area contributed by atoms with Gasteiger partial charge in [0.15, 0.2) is 5.76 Å². The molecule has 26 heavy (non-hydrogen) atoms. The standard InChI is InChI=1S/C16H18F3N3O4/c1-2-3-4-12-11(13(8-23)26-22-12)9-25-14-6-5-10(7-20-14)15(24)21-16(17,18)19/h5-7,23H,2-4,8-9H2,1H3,(H,21,24). The van der Waals surface area contributed by atoms with Gasteiger partial charge in [-0.1, -0.05) is 18.5 Å². The fourth-order valence-electron chi connectivity index (χ4n) is 2.16. The molecule has 2 aromatic heterocycles. The number of amides is 1. The smallest absolute Gasteiger partial charge is 0.473 e. The molecule has 0 unspecified atom stereocenters. The van der Waals surface area contributed by atoms with E-state index in [0.717, 1.165) is 24.4 Å². The number of nitrogens with one attached hydrogen (secondary N) is 1. The van der Waals surface area contributed by atoms with E-state index in [1.165, 1.54) is 12.1 Å². The fraction of sp³-hybridized carbons (Fsp3) is 0.438. The summed E-state index contributed by atoms with van der Waals surface area (Å²) in [6.07, 6.45) is -1.30. The Hall–Kier alpha value is -2.62. The van der Waals surface area contributed by atoms with Crippen LogP contribution in [-0.4, -0.2) is 27.5 Å². The molecule has 0 saturated carbocycles. The number of halogens is 3. The second-order valence-electron chi connectivity index (χ2n) is 5.42. The molecule has 142 valence electrons. The van der Waals surface area contributed by atoms with Crippen molar-refractivity contribution in [3.63, 3.8) is 0 Å². The van der Waals surface area contributed by atoms with Gasteiger partial charge in [-0.15, -0.1) is 0 Å². The molecule has 2 rings (SSSR count). The lowest BCUT2D eigenvalue weighted by atomic mass is 10.1. The lowest BCUT2D eigenvalue weighted by Gasteiger charge is -2.09. The molecule has 0 aromatic carbocycles. The zero-order valence-corrected chi connectivity index (χ0v) is 14.0. The molecule has 10 heteroatoms. The van der Waals surface area contributed by atoms with Crippen LogP contribution in [-0.2, 0) is 19.6 Å². The van der Waals surface area contributed by atoms with Crippen molar-refractivity contribution in [3.8, 4) is 5.88 Å². The van der Waals surface area contributed by atoms with Crippen LogP contribution in [0.15, 0.2) is 22.9 Å². The summed E-state index contributed by atoms with van der Waals surface area (Å²) in [5.74, 6) is -0.905. The Morgan fingerprint density at radius 1 is 1.38 bits per heavy atom. The van der Waals surface area contributed by atoms with Gasteiger partial charge in [0.25, 0.3) is 5.91 Å². The third kappa shape index (κ3) is 5.45. The Bertz CT molecular complexity index is 729. The highest BCUT2D eigenvalue weighted by Gasteiger charge is 2.30. The van der Waals surface area contributed by atoms with Crippen LogP contribution in [0.25, 0.3) is 0 Å². The number of aryl methyl sites for hydroxylation is 1. The van der Waals surface area contributed by atoms with Gasteiger partial charge in [0.1, 0.15) is 13.2 Å². The van der Waals surface area contributed by atoms with Crippen LogP contribution >= 0.6 is 0 Å². The number of nitrogens with zero attached hydrogens (tertiary/aromatic N) is 2. The van der Waals surface area contributed by atoms with Gasteiger partial charge in [0.05, 0.1) is 16.8 Å². The van der Waals surface area contributed by atoms with E-state index >= 15 is 0 Å². The van der Waals surface area contributed by atoms with Crippen LogP contribution in [0.1, 0.15) is 47.1 Å². The third-order valence-corrected chi connectivity index (χ3v) is 3.48. The molecule has 0 aliphatic heterocycles. The molecular formula is C16H18F3N3O4. The molecule has 0 spiro atoms. The Labute approximate surface area is 147 Å². The van der Waals surface area contributed by atoms with E-state index in [1.54, 1.807) is 0 Å². The highest BCUT2D eigenvalue weighted by molar-refractivity contribution is 5.94. The van der Waals surface area contributed by atoms with Gasteiger partial charge < -0.3 is 14.4 Å². The SMILES string of the molecule is CCCCc1noc(CO)c1COc1ccc(C(=O)NC(F)(F)F)cn1. The maximum absolute atomic E-state index is 12.1. The van der Waals surface area contributed by atoms with Gasteiger partial charge in [-0.2, -0.15) is 13.2 Å². The lowest BCUT2D eigenvalue weighted by molar-refractivity contribution is -0.146. The Morgan fingerprint density at radius 3 is 2.73 bits per heavy atom. The summed E-state index contributed by atoms with van der Waals surface area (Å²) in [6.45, 7) is 1.73. The minimum atomic E-state index is -4.81. The van der Waals surface area contributed by atoms with Gasteiger partial charge >= 0.3 is 6.30 Å². The monoisotopic (exact) mass is 373 g/mol. The molecule has 1 amide bonds. The molecule has 0 saturated heterocycles. The minimum Gasteiger partial charge on any atom is -0.473 e. The van der Waals surface area contributed by atoms with E-state index in [9.17, 15) is 23.1 Å². The topological polar surface area (TPSA) is 97.5 Å². The highest BCUT2D eigenvalue weighted by atomic mass is 19.4. The summed E-state index contributed by atoms with van der Waals surface area (Å²) in [5.41, 5.74) is 1.04. The zero-order valence-electron chi connectivity index (χ0n) is 14.0. The third-order valence-electron chi connectivity index (χ3n) is 3.48. The van der Waals surface area contributed by atoms with E-state index in [-0.39, 0.29) is 30.4 Å². The van der Waals surface area contributed by atoms with Gasteiger partial charge in [-0.05, 0) is 18.9 Å². The second-order valence-corrected chi connectivity index (χ2v) is 5.42. The van der Waals surface area contributed by atoms with Crippen molar-refractivity contribution >= 4 is 5.91 Å². The summed E-state index contributed by atoms with van der Waals surface area (Å²) in [7, 11) is 0. The summed E-state index contributed by atoms with van der Waals surface area (Å²) in [6, 6.07) is 2.45. The summed E-state index contributed by atoms with van der Waals surface area (Å²) in [4.78, 5) is 15.2. The fourth-order valence-corrected chi connectivity index (χ4v) is 2.16. The Balaban J connectivity index is 2.02. The van der Waals surface area contributed by atoms with E-state index in [2.05, 4.69) is 10.1 Å². The number of aliphatic hydroxyl groups excluding tert-OH is 1. The number of rotatable bonds is 8. The minimum absolute atomic E-state index is 0.0273. The molecule has 0 aliphatic rings. The van der Waals surface area contributed by atoms with Crippen molar-refractivity contribution in [2.75, 3.05) is 0 Å². The Morgan fingerprint density at radius 2 is 2.15 bits per heavy atom. The van der Waals surface area contributed by atoms with Crippen molar-refractivity contribution in [1.29, 1.82) is 0 Å². The predicted octanol–water partition coefficient (Wildman–Crippen LogP) is 2.73. The van der Waals surface area contributed by atoms with Crippen molar-refractivity contribution in [3.05, 3.63) is 40.9 Å². The maximum Gasteiger partial charge on any atom is 0.484 e. The number of aromatic nitrogens is 2. The Kier molecular flexibility index (Phi) is 6.56. The maximum atomic E-state index is 12.1. The van der Waals surface area contributed by atoms with Crippen LogP contribution in [0.5, 0.6) is 5.88 Å². The average molecular weight is 373 g/mol. The quantitative estimate of drug-likeness (QED) is 0.691. The second kappa shape index (κ2) is 8.65. The zero-order chi connectivity index (χ0) is 19.2. The molecule has 0 fully saturated rings. The molecule has 2 heterocycles. The molecule has 0 radical (unpaired) electrons. The van der Waals surface area contributed by atoms with Gasteiger partial charge in [0, 0.05) is 12.3 Å². The summed E-state index contributed by atoms with van der Waals surface area (Å²) < 4.78 is 46.9. The van der Waals surface area contributed by atoms with Gasteiger partial charge in [0.2, 0.25) is 5.88 Å². The first kappa shape index (κ1) is 19.7. The molecule has 0 atom stereocenters. The van der Waals surface area contributed by atoms with E-state index < -0.39 is 12.2 Å². The van der Waals surface area contributed by atoms with Gasteiger partial charge in [-0.25, -0.2) is 4.98 Å². The normalized spacial score (nSPS) is 11.4. The molecular weight excluding hydrogens is 355 g/mol. The number of carbonyl (C=O) groups excluding carboxylic acids is 1. The number of unbranched alkanes of at least 4 members (excludes halogenated alkanes) is 1. The van der Waals surface area contributed by atoms with Crippen LogP contribution in [0.2, 0.25) is 0 Å². The number of alkyl halides is 3.